The highest BCUT2D eigenvalue weighted by atomic mass is 14.3. The van der Waals surface area contributed by atoms with Gasteiger partial charge in [0.1, 0.15) is 0 Å². The number of rotatable bonds is 4. The average Bonchev–Trinajstić information content (AvgIpc) is 2.54. The summed E-state index contributed by atoms with van der Waals surface area (Å²) in [4.78, 5) is 0. The number of allylic oxidation sites excluding steroid dienone is 7. The van der Waals surface area contributed by atoms with Gasteiger partial charge in [-0.25, -0.2) is 0 Å². The summed E-state index contributed by atoms with van der Waals surface area (Å²) in [6.07, 6.45) is 9.34. The molecule has 0 heterocycles. The van der Waals surface area contributed by atoms with Crippen molar-refractivity contribution in [1.29, 1.82) is 0 Å². The van der Waals surface area contributed by atoms with Crippen LogP contribution in [-0.2, 0) is 0 Å². The first-order valence-corrected chi connectivity index (χ1v) is 7.94. The molecule has 2 rings (SSSR count). The van der Waals surface area contributed by atoms with Crippen LogP contribution in [0.5, 0.6) is 0 Å². The van der Waals surface area contributed by atoms with Gasteiger partial charge in [0.15, 0.2) is 0 Å². The Morgan fingerprint density at radius 1 is 1.09 bits per heavy atom. The third-order valence-corrected chi connectivity index (χ3v) is 4.55. The van der Waals surface area contributed by atoms with Gasteiger partial charge in [0.2, 0.25) is 0 Å². The van der Waals surface area contributed by atoms with Gasteiger partial charge in [-0.3, -0.25) is 0 Å². The normalized spacial score (nSPS) is 21.5. The summed E-state index contributed by atoms with van der Waals surface area (Å²) in [5, 5.41) is 0. The molecule has 1 fully saturated rings. The van der Waals surface area contributed by atoms with Crippen molar-refractivity contribution in [1.82, 2.24) is 0 Å². The van der Waals surface area contributed by atoms with Gasteiger partial charge in [-0.15, -0.1) is 0 Å². The van der Waals surface area contributed by atoms with E-state index in [9.17, 15) is 0 Å². The van der Waals surface area contributed by atoms with Crippen LogP contribution in [0.25, 0.3) is 0 Å². The second-order valence-corrected chi connectivity index (χ2v) is 6.17. The maximum Gasteiger partial charge on any atom is 0.00828 e. The minimum Gasteiger partial charge on any atom is -0.0992 e. The lowest BCUT2D eigenvalue weighted by molar-refractivity contribution is 0.649. The molecular weight excluding hydrogens is 264 g/mol. The van der Waals surface area contributed by atoms with Crippen LogP contribution in [0.2, 0.25) is 0 Å². The van der Waals surface area contributed by atoms with Crippen LogP contribution in [0.4, 0.5) is 0 Å². The first-order valence-electron chi connectivity index (χ1n) is 7.94. The maximum atomic E-state index is 4.30. The van der Waals surface area contributed by atoms with Gasteiger partial charge in [0.25, 0.3) is 0 Å². The zero-order valence-corrected chi connectivity index (χ0v) is 13.9. The lowest BCUT2D eigenvalue weighted by Gasteiger charge is -2.27. The van der Waals surface area contributed by atoms with Crippen molar-refractivity contribution < 1.29 is 0 Å². The third kappa shape index (κ3) is 3.76. The first kappa shape index (κ1) is 16.3. The van der Waals surface area contributed by atoms with Crippen molar-refractivity contribution in [2.75, 3.05) is 0 Å². The fraction of sp³-hybridized carbons (Fsp3) is 0.273. The molecule has 0 aromatic heterocycles. The first-order chi connectivity index (χ1) is 10.5. The molecule has 1 unspecified atom stereocenters. The second kappa shape index (κ2) is 7.26. The fourth-order valence-electron chi connectivity index (χ4n) is 2.96. The van der Waals surface area contributed by atoms with E-state index >= 15 is 0 Å². The lowest BCUT2D eigenvalue weighted by Crippen LogP contribution is -2.10. The van der Waals surface area contributed by atoms with Crippen LogP contribution in [-0.4, -0.2) is 0 Å². The molecule has 0 saturated heterocycles. The van der Waals surface area contributed by atoms with E-state index in [1.807, 2.05) is 12.2 Å². The van der Waals surface area contributed by atoms with Crippen LogP contribution in [0.15, 0.2) is 84.5 Å². The second-order valence-electron chi connectivity index (χ2n) is 6.17. The fourth-order valence-corrected chi connectivity index (χ4v) is 2.96. The van der Waals surface area contributed by atoms with E-state index in [2.05, 4.69) is 63.9 Å². The van der Waals surface area contributed by atoms with Crippen LogP contribution in [0, 0.1) is 6.92 Å². The minimum atomic E-state index is 0.440. The minimum absolute atomic E-state index is 0.440. The molecule has 114 valence electrons. The molecule has 0 N–H and O–H groups in total. The summed E-state index contributed by atoms with van der Waals surface area (Å²) >= 11 is 0. The number of hydrogen-bond donors (Lipinski definition) is 0. The molecule has 0 spiro atoms. The van der Waals surface area contributed by atoms with E-state index in [1.54, 1.807) is 0 Å². The van der Waals surface area contributed by atoms with Crippen molar-refractivity contribution in [2.24, 2.45) is 0 Å². The van der Waals surface area contributed by atoms with Gasteiger partial charge in [0.05, 0.1) is 0 Å². The molecule has 1 aromatic carbocycles. The molecule has 0 bridgehead atoms. The van der Waals surface area contributed by atoms with Crippen LogP contribution in [0.3, 0.4) is 0 Å². The molecule has 0 nitrogen and oxygen atoms in total. The molecule has 1 aliphatic rings. The largest absolute Gasteiger partial charge is 0.0992 e. The highest BCUT2D eigenvalue weighted by Gasteiger charge is 2.22. The van der Waals surface area contributed by atoms with Crippen molar-refractivity contribution in [3.05, 3.63) is 95.6 Å². The summed E-state index contributed by atoms with van der Waals surface area (Å²) < 4.78 is 0. The number of aryl methyl sites for hydroxylation is 1. The van der Waals surface area contributed by atoms with Crippen molar-refractivity contribution in [3.8, 4) is 0 Å². The van der Waals surface area contributed by atoms with Gasteiger partial charge in [0, 0.05) is 5.92 Å². The number of benzene rings is 1. The molecule has 0 radical (unpaired) electrons. The predicted octanol–water partition coefficient (Wildman–Crippen LogP) is 6.43. The summed E-state index contributed by atoms with van der Waals surface area (Å²) in [6, 6.07) is 8.87. The molecule has 1 saturated carbocycles. The van der Waals surface area contributed by atoms with Crippen molar-refractivity contribution in [3.63, 3.8) is 0 Å². The molecule has 1 aromatic rings. The van der Waals surface area contributed by atoms with E-state index in [-0.39, 0.29) is 0 Å². The molecule has 1 aliphatic carbocycles. The average molecular weight is 290 g/mol. The van der Waals surface area contributed by atoms with E-state index in [1.165, 1.54) is 33.4 Å². The van der Waals surface area contributed by atoms with Crippen LogP contribution in [0.1, 0.15) is 43.2 Å². The van der Waals surface area contributed by atoms with Crippen LogP contribution < -0.4 is 0 Å². The summed E-state index contributed by atoms with van der Waals surface area (Å²) in [5.74, 6) is 0.440. The summed E-state index contributed by atoms with van der Waals surface area (Å²) in [7, 11) is 0. The highest BCUT2D eigenvalue weighted by molar-refractivity contribution is 5.42. The van der Waals surface area contributed by atoms with Gasteiger partial charge >= 0.3 is 0 Å². The van der Waals surface area contributed by atoms with E-state index in [0.29, 0.717) is 5.92 Å². The van der Waals surface area contributed by atoms with Gasteiger partial charge in [-0.2, -0.15) is 0 Å². The van der Waals surface area contributed by atoms with Crippen molar-refractivity contribution in [2.45, 2.75) is 39.0 Å². The molecule has 1 atom stereocenters. The Labute approximate surface area is 135 Å². The van der Waals surface area contributed by atoms with Crippen molar-refractivity contribution >= 4 is 0 Å². The Bertz CT molecular complexity index is 635. The zero-order chi connectivity index (χ0) is 16.1. The van der Waals surface area contributed by atoms with E-state index in [4.69, 9.17) is 0 Å². The Morgan fingerprint density at radius 3 is 2.36 bits per heavy atom. The molecule has 0 amide bonds. The summed E-state index contributed by atoms with van der Waals surface area (Å²) in [6.45, 7) is 16.3. The number of hydrogen-bond acceptors (Lipinski definition) is 0. The Balaban J connectivity index is 2.28. The predicted molar refractivity (Wildman–Crippen MR) is 98.1 cm³/mol. The topological polar surface area (TPSA) is 0 Å². The Morgan fingerprint density at radius 2 is 1.77 bits per heavy atom. The highest BCUT2D eigenvalue weighted by Crippen LogP contribution is 2.39. The monoisotopic (exact) mass is 290 g/mol. The molecular formula is C22H26. The van der Waals surface area contributed by atoms with Crippen LogP contribution >= 0.6 is 0 Å². The van der Waals surface area contributed by atoms with Gasteiger partial charge in [-0.1, -0.05) is 78.9 Å². The van der Waals surface area contributed by atoms with Gasteiger partial charge in [-0.05, 0) is 49.8 Å². The lowest BCUT2D eigenvalue weighted by atomic mass is 9.77. The van der Waals surface area contributed by atoms with E-state index in [0.717, 1.165) is 19.3 Å². The standard InChI is InChI=1S/C22H26/c1-6-17(4)20(7-2)14-19-11-10-18(5)22(15-19)21-12-8-16(3)9-13-21/h6-9,12-14,22H,1-2,5,10-11,15H2,3-4H3/b19-14+,20-17+. The smallest absolute Gasteiger partial charge is 0.00828 e. The molecule has 22 heavy (non-hydrogen) atoms. The van der Waals surface area contributed by atoms with Gasteiger partial charge < -0.3 is 0 Å². The maximum absolute atomic E-state index is 4.30. The quantitative estimate of drug-likeness (QED) is 0.442. The Hall–Kier alpha value is -2.08. The third-order valence-electron chi connectivity index (χ3n) is 4.55. The van der Waals surface area contributed by atoms with E-state index < -0.39 is 0 Å². The molecule has 0 aliphatic heterocycles. The Kier molecular flexibility index (Phi) is 5.38. The SMILES string of the molecule is C=C/C(C)=C(C=C)/C=C1\CCC(=C)C(c2ccc(C)cc2)C1. The summed E-state index contributed by atoms with van der Waals surface area (Å²) in [5.41, 5.74) is 7.88. The molecule has 0 heteroatoms. The zero-order valence-electron chi connectivity index (χ0n) is 13.9.